The van der Waals surface area contributed by atoms with Crippen LogP contribution >= 0.6 is 0 Å². The molecule has 0 aromatic heterocycles. The van der Waals surface area contributed by atoms with Gasteiger partial charge in [-0.15, -0.1) is 0 Å². The summed E-state index contributed by atoms with van der Waals surface area (Å²) in [6.45, 7) is 5.15. The van der Waals surface area contributed by atoms with Gasteiger partial charge in [0.2, 0.25) is 0 Å². The zero-order valence-electron chi connectivity index (χ0n) is 20.4. The Hall–Kier alpha value is -2.72. The minimum absolute atomic E-state index is 0.0677. The van der Waals surface area contributed by atoms with Gasteiger partial charge in [-0.3, -0.25) is 4.79 Å². The molecule has 3 rings (SSSR count). The van der Waals surface area contributed by atoms with E-state index in [4.69, 9.17) is 33.2 Å². The Labute approximate surface area is 199 Å². The van der Waals surface area contributed by atoms with E-state index in [1.807, 2.05) is 6.08 Å². The van der Waals surface area contributed by atoms with Gasteiger partial charge in [-0.1, -0.05) is 12.2 Å². The summed E-state index contributed by atoms with van der Waals surface area (Å²) in [4.78, 5) is 26.1. The lowest BCUT2D eigenvalue weighted by Crippen LogP contribution is -2.32. The van der Waals surface area contributed by atoms with Gasteiger partial charge in [-0.25, -0.2) is 4.79 Å². The number of cyclic esters (lactones) is 1. The first kappa shape index (κ1) is 25.9. The topological polar surface area (TPSA) is 98.8 Å². The van der Waals surface area contributed by atoms with Gasteiger partial charge >= 0.3 is 5.97 Å². The Balaban J connectivity index is 2.09. The number of hydrogen-bond acceptors (Lipinski definition) is 9. The third kappa shape index (κ3) is 6.04. The SMILES string of the molecule is COCOc1cc(OC)cc2c1C(=O)O[C@@H](C)[C@H](OC)/C=C\C(=O)[C@H]1OC(C)(C)O[C@H]1CC=C2. The van der Waals surface area contributed by atoms with Crippen LogP contribution in [0.4, 0.5) is 0 Å². The van der Waals surface area contributed by atoms with Gasteiger partial charge in [-0.05, 0) is 51.0 Å². The van der Waals surface area contributed by atoms with E-state index >= 15 is 0 Å². The maximum Gasteiger partial charge on any atom is 0.342 e. The maximum atomic E-state index is 13.3. The third-order valence-electron chi connectivity index (χ3n) is 5.49. The van der Waals surface area contributed by atoms with Gasteiger partial charge in [0.1, 0.15) is 35.4 Å². The molecule has 2 aliphatic heterocycles. The molecule has 1 aromatic carbocycles. The molecule has 2 aliphatic rings. The molecule has 9 nitrogen and oxygen atoms in total. The first-order valence-corrected chi connectivity index (χ1v) is 11.0. The number of carbonyl (C=O) groups excluding carboxylic acids is 2. The van der Waals surface area contributed by atoms with Crippen molar-refractivity contribution in [3.05, 3.63) is 41.5 Å². The summed E-state index contributed by atoms with van der Waals surface area (Å²) >= 11 is 0. The van der Waals surface area contributed by atoms with Crippen molar-refractivity contribution in [2.45, 2.75) is 57.4 Å². The second-order valence-corrected chi connectivity index (χ2v) is 8.45. The average Bonchev–Trinajstić information content (AvgIpc) is 3.11. The van der Waals surface area contributed by atoms with Crippen LogP contribution in [0.1, 0.15) is 43.1 Å². The smallest absolute Gasteiger partial charge is 0.342 e. The third-order valence-corrected chi connectivity index (χ3v) is 5.49. The Morgan fingerprint density at radius 3 is 2.53 bits per heavy atom. The predicted octanol–water partition coefficient (Wildman–Crippen LogP) is 3.30. The molecular weight excluding hydrogens is 444 g/mol. The van der Waals surface area contributed by atoms with Crippen molar-refractivity contribution < 1.29 is 42.7 Å². The fourth-order valence-electron chi connectivity index (χ4n) is 3.90. The van der Waals surface area contributed by atoms with Gasteiger partial charge in [-0.2, -0.15) is 0 Å². The molecule has 1 fully saturated rings. The Bertz CT molecular complexity index is 950. The van der Waals surface area contributed by atoms with Crippen LogP contribution in [0, 0.1) is 0 Å². The van der Waals surface area contributed by atoms with E-state index in [2.05, 4.69) is 0 Å². The van der Waals surface area contributed by atoms with E-state index in [1.165, 1.54) is 27.4 Å². The van der Waals surface area contributed by atoms with E-state index < -0.39 is 36.2 Å². The van der Waals surface area contributed by atoms with Gasteiger partial charge in [0, 0.05) is 20.3 Å². The lowest BCUT2D eigenvalue weighted by atomic mass is 10.0. The normalized spacial score (nSPS) is 27.8. The van der Waals surface area contributed by atoms with Gasteiger partial charge < -0.3 is 33.2 Å². The Morgan fingerprint density at radius 2 is 1.85 bits per heavy atom. The second-order valence-electron chi connectivity index (χ2n) is 8.45. The molecule has 0 saturated carbocycles. The molecule has 0 spiro atoms. The molecule has 0 radical (unpaired) electrons. The highest BCUT2D eigenvalue weighted by atomic mass is 16.8. The number of esters is 1. The summed E-state index contributed by atoms with van der Waals surface area (Å²) in [7, 11) is 4.48. The van der Waals surface area contributed by atoms with Gasteiger partial charge in [0.15, 0.2) is 18.4 Å². The standard InChI is InChI=1S/C25H32O9/c1-15-19(30-6)11-10-18(26)23-20(33-25(2,3)34-23)9-7-8-16-12-17(29-5)13-21(31-14-28-4)22(16)24(27)32-15/h7-8,10-13,15,19-20,23H,9,14H2,1-6H3/b8-7?,11-10-/t15-,19+,20-,23+/m0/s1. The molecule has 186 valence electrons. The zero-order chi connectivity index (χ0) is 24.9. The zero-order valence-corrected chi connectivity index (χ0v) is 20.4. The largest absolute Gasteiger partial charge is 0.497 e. The van der Waals surface area contributed by atoms with E-state index in [0.717, 1.165) is 0 Å². The first-order chi connectivity index (χ1) is 16.2. The summed E-state index contributed by atoms with van der Waals surface area (Å²) < 4.78 is 39.1. The number of ether oxygens (including phenoxy) is 7. The molecule has 34 heavy (non-hydrogen) atoms. The van der Waals surface area contributed by atoms with Crippen LogP contribution in [0.2, 0.25) is 0 Å². The number of fused-ring (bicyclic) bond motifs is 2. The Morgan fingerprint density at radius 1 is 1.09 bits per heavy atom. The van der Waals surface area contributed by atoms with Crippen LogP contribution in [0.15, 0.2) is 30.4 Å². The molecule has 2 heterocycles. The molecule has 0 amide bonds. The number of hydrogen-bond donors (Lipinski definition) is 0. The molecule has 4 atom stereocenters. The fourth-order valence-corrected chi connectivity index (χ4v) is 3.90. The van der Waals surface area contributed by atoms with E-state index in [-0.39, 0.29) is 23.9 Å². The molecule has 0 N–H and O–H groups in total. The van der Waals surface area contributed by atoms with Crippen molar-refractivity contribution in [1.82, 2.24) is 0 Å². The lowest BCUT2D eigenvalue weighted by molar-refractivity contribution is -0.152. The van der Waals surface area contributed by atoms with E-state index in [1.54, 1.807) is 45.1 Å². The maximum absolute atomic E-state index is 13.3. The number of methoxy groups -OCH3 is 3. The molecule has 1 aromatic rings. The van der Waals surface area contributed by atoms with Crippen LogP contribution in [-0.4, -0.2) is 70.1 Å². The second kappa shape index (κ2) is 11.1. The van der Waals surface area contributed by atoms with Crippen LogP contribution < -0.4 is 9.47 Å². The summed E-state index contributed by atoms with van der Waals surface area (Å²) in [5.41, 5.74) is 0.735. The summed E-state index contributed by atoms with van der Waals surface area (Å²) in [5, 5.41) is 0. The van der Waals surface area contributed by atoms with E-state index in [0.29, 0.717) is 17.7 Å². The molecule has 1 saturated heterocycles. The van der Waals surface area contributed by atoms with Crippen molar-refractivity contribution in [2.24, 2.45) is 0 Å². The summed E-state index contributed by atoms with van der Waals surface area (Å²) in [5.74, 6) is -1.03. The van der Waals surface area contributed by atoms with Crippen LogP contribution in [0.5, 0.6) is 11.5 Å². The lowest BCUT2D eigenvalue weighted by Gasteiger charge is -2.22. The fraction of sp³-hybridized carbons (Fsp3) is 0.520. The highest BCUT2D eigenvalue weighted by Crippen LogP contribution is 2.34. The van der Waals surface area contributed by atoms with Crippen LogP contribution in [-0.2, 0) is 28.5 Å². The van der Waals surface area contributed by atoms with Crippen molar-refractivity contribution in [1.29, 1.82) is 0 Å². The first-order valence-electron chi connectivity index (χ1n) is 11.0. The quantitative estimate of drug-likeness (QED) is 0.468. The van der Waals surface area contributed by atoms with Crippen molar-refractivity contribution >= 4 is 17.8 Å². The predicted molar refractivity (Wildman–Crippen MR) is 123 cm³/mol. The highest BCUT2D eigenvalue weighted by molar-refractivity contribution is 5.97. The number of carbonyl (C=O) groups is 2. The minimum atomic E-state index is -0.907. The van der Waals surface area contributed by atoms with Gasteiger partial charge in [0.25, 0.3) is 0 Å². The van der Waals surface area contributed by atoms with E-state index in [9.17, 15) is 9.59 Å². The monoisotopic (exact) mass is 476 g/mol. The van der Waals surface area contributed by atoms with Crippen molar-refractivity contribution in [3.8, 4) is 11.5 Å². The minimum Gasteiger partial charge on any atom is -0.497 e. The highest BCUT2D eigenvalue weighted by Gasteiger charge is 2.43. The van der Waals surface area contributed by atoms with Crippen molar-refractivity contribution in [2.75, 3.05) is 28.1 Å². The number of ketones is 1. The van der Waals surface area contributed by atoms with Crippen LogP contribution in [0.3, 0.4) is 0 Å². The number of rotatable bonds is 5. The van der Waals surface area contributed by atoms with Crippen LogP contribution in [0.25, 0.3) is 6.08 Å². The Kier molecular flexibility index (Phi) is 8.48. The average molecular weight is 477 g/mol. The number of benzene rings is 1. The molecule has 0 unspecified atom stereocenters. The van der Waals surface area contributed by atoms with Crippen molar-refractivity contribution in [3.63, 3.8) is 0 Å². The summed E-state index contributed by atoms with van der Waals surface area (Å²) in [6.07, 6.45) is 4.24. The molecule has 0 bridgehead atoms. The molecule has 9 heteroatoms. The van der Waals surface area contributed by atoms with Gasteiger partial charge in [0.05, 0.1) is 13.2 Å². The summed E-state index contributed by atoms with van der Waals surface area (Å²) in [6, 6.07) is 3.30. The molecular formula is C25H32O9. The molecule has 0 aliphatic carbocycles.